The molecule has 0 aliphatic carbocycles. The predicted molar refractivity (Wildman–Crippen MR) is 105 cm³/mol. The van der Waals surface area contributed by atoms with Crippen LogP contribution in [0.15, 0.2) is 71.6 Å². The van der Waals surface area contributed by atoms with Gasteiger partial charge < -0.3 is 10.0 Å². The number of nitrogens with two attached hydrogens (primary N) is 1. The SMILES string of the molecule is NS(=O)(=O)c1ccc(C2(O)C(=O)N(Cc3ccc(F)c(F)c3)c3ccccc32)cc1. The van der Waals surface area contributed by atoms with Gasteiger partial charge in [0.15, 0.2) is 17.2 Å². The van der Waals surface area contributed by atoms with Crippen molar-refractivity contribution in [1.82, 2.24) is 0 Å². The van der Waals surface area contributed by atoms with Gasteiger partial charge in [-0.3, -0.25) is 4.79 Å². The molecule has 154 valence electrons. The van der Waals surface area contributed by atoms with Crippen molar-refractivity contribution in [2.24, 2.45) is 5.14 Å². The molecule has 1 aliphatic heterocycles. The van der Waals surface area contributed by atoms with Crippen LogP contribution >= 0.6 is 0 Å². The molecule has 1 atom stereocenters. The number of carbonyl (C=O) groups is 1. The summed E-state index contributed by atoms with van der Waals surface area (Å²) in [4.78, 5) is 14.4. The number of para-hydroxylation sites is 1. The highest BCUT2D eigenvalue weighted by Gasteiger charge is 2.50. The van der Waals surface area contributed by atoms with Crippen molar-refractivity contribution in [3.8, 4) is 0 Å². The van der Waals surface area contributed by atoms with Crippen LogP contribution in [0, 0.1) is 11.6 Å². The molecule has 1 heterocycles. The number of aliphatic hydroxyl groups is 1. The molecular formula is C21H16F2N2O4S. The summed E-state index contributed by atoms with van der Waals surface area (Å²) in [6.45, 7) is -0.0926. The van der Waals surface area contributed by atoms with E-state index in [-0.39, 0.29) is 17.0 Å². The monoisotopic (exact) mass is 430 g/mol. The van der Waals surface area contributed by atoms with Gasteiger partial charge in [0.05, 0.1) is 17.1 Å². The number of primary sulfonamides is 1. The molecule has 1 aliphatic rings. The van der Waals surface area contributed by atoms with E-state index in [4.69, 9.17) is 5.14 Å². The van der Waals surface area contributed by atoms with Crippen LogP contribution in [0.4, 0.5) is 14.5 Å². The maximum Gasteiger partial charge on any atom is 0.268 e. The van der Waals surface area contributed by atoms with E-state index in [9.17, 15) is 27.1 Å². The van der Waals surface area contributed by atoms with Crippen LogP contribution in [0.2, 0.25) is 0 Å². The van der Waals surface area contributed by atoms with Gasteiger partial charge in [0.2, 0.25) is 10.0 Å². The minimum Gasteiger partial charge on any atom is -0.372 e. The molecule has 9 heteroatoms. The van der Waals surface area contributed by atoms with Gasteiger partial charge in [-0.15, -0.1) is 0 Å². The Morgan fingerprint density at radius 1 is 0.967 bits per heavy atom. The molecule has 1 unspecified atom stereocenters. The minimum absolute atomic E-state index is 0.0926. The first-order chi connectivity index (χ1) is 14.1. The fourth-order valence-electron chi connectivity index (χ4n) is 3.58. The summed E-state index contributed by atoms with van der Waals surface area (Å²) in [7, 11) is -3.94. The molecular weight excluding hydrogens is 414 g/mol. The van der Waals surface area contributed by atoms with Crippen molar-refractivity contribution < 1.29 is 27.1 Å². The van der Waals surface area contributed by atoms with Gasteiger partial charge in [-0.1, -0.05) is 36.4 Å². The predicted octanol–water partition coefficient (Wildman–Crippen LogP) is 2.39. The lowest BCUT2D eigenvalue weighted by molar-refractivity contribution is -0.132. The summed E-state index contributed by atoms with van der Waals surface area (Å²) < 4.78 is 49.8. The standard InChI is InChI=1S/C21H16F2N2O4S/c22-17-10-5-13(11-18(17)23)12-25-19-4-2-1-3-16(19)21(27,20(25)26)14-6-8-15(9-7-14)30(24,28)29/h1-11,27H,12H2,(H2,24,28,29). The lowest BCUT2D eigenvalue weighted by Gasteiger charge is -2.24. The molecule has 30 heavy (non-hydrogen) atoms. The maximum atomic E-state index is 13.6. The lowest BCUT2D eigenvalue weighted by atomic mass is 9.87. The second-order valence-corrected chi connectivity index (χ2v) is 8.50. The van der Waals surface area contributed by atoms with Gasteiger partial charge in [0.25, 0.3) is 5.91 Å². The van der Waals surface area contributed by atoms with E-state index in [2.05, 4.69) is 0 Å². The molecule has 3 aromatic carbocycles. The fourth-order valence-corrected chi connectivity index (χ4v) is 4.09. The Labute approximate surface area is 171 Å². The first-order valence-corrected chi connectivity index (χ1v) is 10.4. The lowest BCUT2D eigenvalue weighted by Crippen LogP contribution is -2.41. The normalized spacial score (nSPS) is 18.5. The van der Waals surface area contributed by atoms with Gasteiger partial charge in [0, 0.05) is 5.56 Å². The third-order valence-corrected chi connectivity index (χ3v) is 5.99. The van der Waals surface area contributed by atoms with Crippen molar-refractivity contribution in [3.63, 3.8) is 0 Å². The summed E-state index contributed by atoms with van der Waals surface area (Å²) in [5, 5.41) is 16.5. The molecule has 0 aromatic heterocycles. The number of sulfonamides is 1. The third kappa shape index (κ3) is 3.17. The van der Waals surface area contributed by atoms with E-state index in [1.165, 1.54) is 35.2 Å². The number of halogens is 2. The topological polar surface area (TPSA) is 101 Å². The highest BCUT2D eigenvalue weighted by Crippen LogP contribution is 2.45. The van der Waals surface area contributed by atoms with Crippen molar-refractivity contribution in [2.45, 2.75) is 17.0 Å². The number of nitrogens with zero attached hydrogens (tertiary/aromatic N) is 1. The second kappa shape index (κ2) is 6.98. The zero-order valence-electron chi connectivity index (χ0n) is 15.4. The number of hydrogen-bond donors (Lipinski definition) is 2. The summed E-state index contributed by atoms with van der Waals surface area (Å²) in [5.74, 6) is -2.74. The Morgan fingerprint density at radius 2 is 1.63 bits per heavy atom. The molecule has 0 saturated carbocycles. The van der Waals surface area contributed by atoms with Gasteiger partial charge in [-0.05, 0) is 41.5 Å². The summed E-state index contributed by atoms with van der Waals surface area (Å²) in [5.41, 5.74) is -0.885. The van der Waals surface area contributed by atoms with E-state index in [0.29, 0.717) is 16.8 Å². The van der Waals surface area contributed by atoms with Gasteiger partial charge >= 0.3 is 0 Å². The number of rotatable bonds is 4. The van der Waals surface area contributed by atoms with Crippen LogP contribution in [0.1, 0.15) is 16.7 Å². The molecule has 3 N–H and O–H groups in total. The van der Waals surface area contributed by atoms with Gasteiger partial charge in [0.1, 0.15) is 0 Å². The minimum atomic E-state index is -3.94. The number of hydrogen-bond acceptors (Lipinski definition) is 4. The highest BCUT2D eigenvalue weighted by molar-refractivity contribution is 7.89. The smallest absolute Gasteiger partial charge is 0.268 e. The fraction of sp³-hybridized carbons (Fsp3) is 0.0952. The summed E-state index contributed by atoms with van der Waals surface area (Å²) in [6, 6.07) is 14.9. The summed E-state index contributed by atoms with van der Waals surface area (Å²) >= 11 is 0. The van der Waals surface area contributed by atoms with Crippen molar-refractivity contribution in [1.29, 1.82) is 0 Å². The Kier molecular flexibility index (Phi) is 4.69. The Bertz CT molecular complexity index is 1260. The van der Waals surface area contributed by atoms with Crippen LogP contribution in [-0.2, 0) is 27.0 Å². The summed E-state index contributed by atoms with van der Waals surface area (Å²) in [6.07, 6.45) is 0. The largest absolute Gasteiger partial charge is 0.372 e. The van der Waals surface area contributed by atoms with Gasteiger partial charge in [-0.2, -0.15) is 0 Å². The number of carbonyl (C=O) groups excluding carboxylic acids is 1. The molecule has 0 spiro atoms. The molecule has 4 rings (SSSR count). The van der Waals surface area contributed by atoms with Crippen LogP contribution < -0.4 is 10.0 Å². The number of benzene rings is 3. The van der Waals surface area contributed by atoms with E-state index >= 15 is 0 Å². The molecule has 0 radical (unpaired) electrons. The van der Waals surface area contributed by atoms with E-state index in [1.54, 1.807) is 24.3 Å². The first-order valence-electron chi connectivity index (χ1n) is 8.83. The average Bonchev–Trinajstić information content (AvgIpc) is 2.93. The Hall–Kier alpha value is -3.14. The molecule has 0 fully saturated rings. The number of anilines is 1. The maximum absolute atomic E-state index is 13.6. The quantitative estimate of drug-likeness (QED) is 0.664. The second-order valence-electron chi connectivity index (χ2n) is 6.94. The van der Waals surface area contributed by atoms with Crippen LogP contribution in [-0.4, -0.2) is 19.4 Å². The average molecular weight is 430 g/mol. The molecule has 0 bridgehead atoms. The number of fused-ring (bicyclic) bond motifs is 1. The zero-order valence-corrected chi connectivity index (χ0v) is 16.2. The van der Waals surface area contributed by atoms with E-state index in [0.717, 1.165) is 12.1 Å². The Morgan fingerprint density at radius 3 is 2.27 bits per heavy atom. The van der Waals surface area contributed by atoms with E-state index < -0.39 is 33.2 Å². The van der Waals surface area contributed by atoms with E-state index in [1.807, 2.05) is 0 Å². The third-order valence-electron chi connectivity index (χ3n) is 5.06. The van der Waals surface area contributed by atoms with Crippen molar-refractivity contribution in [2.75, 3.05) is 4.90 Å². The molecule has 1 amide bonds. The highest BCUT2D eigenvalue weighted by atomic mass is 32.2. The number of amides is 1. The van der Waals surface area contributed by atoms with Crippen molar-refractivity contribution >= 4 is 21.6 Å². The van der Waals surface area contributed by atoms with Crippen LogP contribution in [0.25, 0.3) is 0 Å². The van der Waals surface area contributed by atoms with Gasteiger partial charge in [-0.25, -0.2) is 22.3 Å². The molecule has 0 saturated heterocycles. The first kappa shape index (κ1) is 20.1. The Balaban J connectivity index is 1.78. The van der Waals surface area contributed by atoms with Crippen molar-refractivity contribution in [3.05, 3.63) is 95.1 Å². The van der Waals surface area contributed by atoms with Crippen LogP contribution in [0.3, 0.4) is 0 Å². The molecule has 3 aromatic rings. The zero-order chi connectivity index (χ0) is 21.7. The molecule has 6 nitrogen and oxygen atoms in total. The van der Waals surface area contributed by atoms with Crippen LogP contribution in [0.5, 0.6) is 0 Å².